The Labute approximate surface area is 205 Å². The van der Waals surface area contributed by atoms with Crippen LogP contribution in [0.4, 0.5) is 5.82 Å². The molecule has 3 N–H and O–H groups in total. The van der Waals surface area contributed by atoms with Gasteiger partial charge >= 0.3 is 0 Å². The average Bonchev–Trinajstić information content (AvgIpc) is 3.22. The van der Waals surface area contributed by atoms with Crippen LogP contribution in [0.3, 0.4) is 0 Å². The normalized spacial score (nSPS) is 11.1. The standard InChI is InChI=1S/C18H17N3O2.C10H12N2/c1-12-18(13(2)23-21-12)15-8-9-16(19-11-15)20-17(22)10-14-6-4-3-5-7-14;1-8(6-11)10-4-2-9(7-12)3-5-10/h3-9,11H,10H2,1-2H3,(H,19,20,22);2-5,8H,6,11H2,1H3. The molecule has 2 aromatic carbocycles. The lowest BCUT2D eigenvalue weighted by atomic mass is 10.0. The molecule has 0 aliphatic heterocycles. The van der Waals surface area contributed by atoms with Gasteiger partial charge in [-0.1, -0.05) is 54.5 Å². The average molecular weight is 468 g/mol. The zero-order valence-electron chi connectivity index (χ0n) is 20.2. The quantitative estimate of drug-likeness (QED) is 0.405. The number of aromatic nitrogens is 2. The molecule has 2 aromatic heterocycles. The predicted octanol–water partition coefficient (Wildman–Crippen LogP) is 5.16. The number of nitriles is 1. The summed E-state index contributed by atoms with van der Waals surface area (Å²) in [7, 11) is 0. The maximum absolute atomic E-state index is 12.0. The lowest BCUT2D eigenvalue weighted by Crippen LogP contribution is -2.15. The second kappa shape index (κ2) is 12.3. The number of nitrogens with zero attached hydrogens (tertiary/aromatic N) is 3. The van der Waals surface area contributed by atoms with E-state index in [1.165, 1.54) is 5.56 Å². The number of carbonyl (C=O) groups excluding carboxylic acids is 1. The number of hydrogen-bond acceptors (Lipinski definition) is 6. The van der Waals surface area contributed by atoms with E-state index < -0.39 is 0 Å². The molecule has 0 fully saturated rings. The van der Waals surface area contributed by atoms with E-state index in [0.717, 1.165) is 28.1 Å². The number of aryl methyl sites for hydroxylation is 2. The van der Waals surface area contributed by atoms with Crippen molar-refractivity contribution in [1.29, 1.82) is 5.26 Å². The van der Waals surface area contributed by atoms with Crippen LogP contribution in [-0.2, 0) is 11.2 Å². The van der Waals surface area contributed by atoms with Gasteiger partial charge in [0.25, 0.3) is 0 Å². The summed E-state index contributed by atoms with van der Waals surface area (Å²) in [6.45, 7) is 6.47. The lowest BCUT2D eigenvalue weighted by Gasteiger charge is -2.07. The smallest absolute Gasteiger partial charge is 0.229 e. The van der Waals surface area contributed by atoms with Crippen LogP contribution in [0.15, 0.2) is 77.4 Å². The molecular formula is C28H29N5O2. The third kappa shape index (κ3) is 7.10. The van der Waals surface area contributed by atoms with Gasteiger partial charge in [0.2, 0.25) is 5.91 Å². The van der Waals surface area contributed by atoms with Crippen LogP contribution in [0.2, 0.25) is 0 Å². The van der Waals surface area contributed by atoms with E-state index in [9.17, 15) is 4.79 Å². The number of carbonyl (C=O) groups is 1. The van der Waals surface area contributed by atoms with Crippen molar-refractivity contribution in [2.24, 2.45) is 5.73 Å². The molecule has 0 aliphatic carbocycles. The molecule has 0 radical (unpaired) electrons. The number of nitrogens with one attached hydrogen (secondary N) is 1. The Morgan fingerprint density at radius 2 is 1.80 bits per heavy atom. The first-order valence-corrected chi connectivity index (χ1v) is 11.3. The molecule has 1 atom stereocenters. The molecule has 0 aliphatic rings. The fraction of sp³-hybridized carbons (Fsp3) is 0.214. The SMILES string of the molecule is CC(CN)c1ccc(C#N)cc1.Cc1noc(C)c1-c1ccc(NC(=O)Cc2ccccc2)nc1. The Kier molecular flexibility index (Phi) is 8.88. The van der Waals surface area contributed by atoms with E-state index in [0.29, 0.717) is 30.3 Å². The van der Waals surface area contributed by atoms with Gasteiger partial charge in [-0.15, -0.1) is 0 Å². The van der Waals surface area contributed by atoms with E-state index in [1.807, 2.05) is 74.5 Å². The Morgan fingerprint density at radius 1 is 1.09 bits per heavy atom. The van der Waals surface area contributed by atoms with Crippen LogP contribution < -0.4 is 11.1 Å². The molecule has 1 unspecified atom stereocenters. The van der Waals surface area contributed by atoms with Gasteiger partial charge < -0.3 is 15.6 Å². The fourth-order valence-corrected chi connectivity index (χ4v) is 3.50. The molecule has 35 heavy (non-hydrogen) atoms. The van der Waals surface area contributed by atoms with Gasteiger partial charge in [0, 0.05) is 17.3 Å². The number of rotatable bonds is 6. The first-order chi connectivity index (χ1) is 16.9. The molecule has 7 nitrogen and oxygen atoms in total. The van der Waals surface area contributed by atoms with Gasteiger partial charge in [-0.25, -0.2) is 4.98 Å². The van der Waals surface area contributed by atoms with E-state index in [-0.39, 0.29) is 5.91 Å². The summed E-state index contributed by atoms with van der Waals surface area (Å²) in [5.74, 6) is 1.57. The molecular weight excluding hydrogens is 438 g/mol. The van der Waals surface area contributed by atoms with Crippen LogP contribution in [-0.4, -0.2) is 22.6 Å². The van der Waals surface area contributed by atoms with Crippen molar-refractivity contribution in [1.82, 2.24) is 10.1 Å². The number of amides is 1. The third-order valence-corrected chi connectivity index (χ3v) is 5.52. The second-order valence-electron chi connectivity index (χ2n) is 8.21. The topological polar surface area (TPSA) is 118 Å². The third-order valence-electron chi connectivity index (χ3n) is 5.52. The number of benzene rings is 2. The minimum absolute atomic E-state index is 0.0891. The highest BCUT2D eigenvalue weighted by atomic mass is 16.5. The molecule has 0 saturated carbocycles. The zero-order valence-corrected chi connectivity index (χ0v) is 20.2. The van der Waals surface area contributed by atoms with Gasteiger partial charge in [0.1, 0.15) is 11.6 Å². The summed E-state index contributed by atoms with van der Waals surface area (Å²) in [6, 6.07) is 22.9. The van der Waals surface area contributed by atoms with Crippen molar-refractivity contribution in [2.75, 3.05) is 11.9 Å². The van der Waals surface area contributed by atoms with Gasteiger partial charge in [0.05, 0.1) is 23.7 Å². The summed E-state index contributed by atoms with van der Waals surface area (Å²) in [5.41, 5.74) is 11.1. The van der Waals surface area contributed by atoms with Crippen LogP contribution in [0.5, 0.6) is 0 Å². The highest BCUT2D eigenvalue weighted by Gasteiger charge is 2.12. The van der Waals surface area contributed by atoms with E-state index in [1.54, 1.807) is 12.3 Å². The number of pyridine rings is 1. The molecule has 4 rings (SSSR count). The van der Waals surface area contributed by atoms with E-state index in [4.69, 9.17) is 15.5 Å². The summed E-state index contributed by atoms with van der Waals surface area (Å²) in [5, 5.41) is 15.3. The Balaban J connectivity index is 0.000000241. The maximum Gasteiger partial charge on any atom is 0.229 e. The van der Waals surface area contributed by atoms with Crippen LogP contribution in [0.25, 0.3) is 11.1 Å². The lowest BCUT2D eigenvalue weighted by molar-refractivity contribution is -0.115. The highest BCUT2D eigenvalue weighted by molar-refractivity contribution is 5.91. The van der Waals surface area contributed by atoms with Gasteiger partial charge in [-0.05, 0) is 61.7 Å². The number of nitrogens with two attached hydrogens (primary N) is 1. The van der Waals surface area contributed by atoms with Gasteiger partial charge in [-0.3, -0.25) is 4.79 Å². The minimum atomic E-state index is -0.0891. The summed E-state index contributed by atoms with van der Waals surface area (Å²) in [6.07, 6.45) is 2.04. The first kappa shape index (κ1) is 25.3. The van der Waals surface area contributed by atoms with Crippen LogP contribution in [0, 0.1) is 25.2 Å². The Bertz CT molecular complexity index is 1250. The Morgan fingerprint density at radius 3 is 2.34 bits per heavy atom. The predicted molar refractivity (Wildman–Crippen MR) is 137 cm³/mol. The van der Waals surface area contributed by atoms with Crippen molar-refractivity contribution >= 4 is 11.7 Å². The minimum Gasteiger partial charge on any atom is -0.361 e. The van der Waals surface area contributed by atoms with Crippen molar-refractivity contribution in [3.05, 3.63) is 101 Å². The molecule has 0 saturated heterocycles. The number of hydrogen-bond donors (Lipinski definition) is 2. The van der Waals surface area contributed by atoms with Crippen LogP contribution >= 0.6 is 0 Å². The van der Waals surface area contributed by atoms with Crippen molar-refractivity contribution in [2.45, 2.75) is 33.1 Å². The first-order valence-electron chi connectivity index (χ1n) is 11.3. The maximum atomic E-state index is 12.0. The molecule has 1 amide bonds. The second-order valence-corrected chi connectivity index (χ2v) is 8.21. The van der Waals surface area contributed by atoms with Gasteiger partial charge in [-0.2, -0.15) is 5.26 Å². The van der Waals surface area contributed by atoms with Crippen LogP contribution in [0.1, 0.15) is 41.0 Å². The summed E-state index contributed by atoms with van der Waals surface area (Å²) < 4.78 is 5.16. The largest absolute Gasteiger partial charge is 0.361 e. The molecule has 4 aromatic rings. The van der Waals surface area contributed by atoms with E-state index >= 15 is 0 Å². The monoisotopic (exact) mass is 467 g/mol. The molecule has 178 valence electrons. The number of anilines is 1. The fourth-order valence-electron chi connectivity index (χ4n) is 3.50. The van der Waals surface area contributed by atoms with E-state index in [2.05, 4.69) is 28.5 Å². The van der Waals surface area contributed by atoms with Gasteiger partial charge in [0.15, 0.2) is 0 Å². The highest BCUT2D eigenvalue weighted by Crippen LogP contribution is 2.26. The molecule has 2 heterocycles. The summed E-state index contributed by atoms with van der Waals surface area (Å²) in [4.78, 5) is 16.3. The van der Waals surface area contributed by atoms with Crippen molar-refractivity contribution in [3.63, 3.8) is 0 Å². The molecule has 0 bridgehead atoms. The molecule has 0 spiro atoms. The van der Waals surface area contributed by atoms with Crippen molar-refractivity contribution < 1.29 is 9.32 Å². The molecule has 7 heteroatoms. The summed E-state index contributed by atoms with van der Waals surface area (Å²) >= 11 is 0. The zero-order chi connectivity index (χ0) is 25.2. The van der Waals surface area contributed by atoms with Crippen molar-refractivity contribution in [3.8, 4) is 17.2 Å². The Hall–Kier alpha value is -4.28.